The number of amides is 3. The fourth-order valence-corrected chi connectivity index (χ4v) is 4.54. The van der Waals surface area contributed by atoms with Crippen LogP contribution in [0.4, 0.5) is 4.79 Å². The number of carbonyl (C=O) groups excluding carboxylic acids is 2. The van der Waals surface area contributed by atoms with Gasteiger partial charge in [-0.15, -0.1) is 0 Å². The molecule has 27 heavy (non-hydrogen) atoms. The zero-order valence-electron chi connectivity index (χ0n) is 15.8. The number of nitrogens with zero attached hydrogens (tertiary/aromatic N) is 1. The number of nitrogens with one attached hydrogen (secondary N) is 2. The average molecular weight is 391 g/mol. The SMILES string of the molecule is CNC(=O)NC(=O)C(C)(CC1CCCC1)c1ccc(S(C)(=O)=O)c(C#N)c1. The summed E-state index contributed by atoms with van der Waals surface area (Å²) in [5, 5.41) is 14.1. The van der Waals surface area contributed by atoms with Crippen LogP contribution >= 0.6 is 0 Å². The molecular weight excluding hydrogens is 366 g/mol. The van der Waals surface area contributed by atoms with Crippen molar-refractivity contribution in [3.8, 4) is 6.07 Å². The van der Waals surface area contributed by atoms with Gasteiger partial charge in [-0.2, -0.15) is 5.26 Å². The van der Waals surface area contributed by atoms with Crippen molar-refractivity contribution < 1.29 is 18.0 Å². The van der Waals surface area contributed by atoms with Crippen LogP contribution in [0.1, 0.15) is 50.2 Å². The number of nitriles is 1. The van der Waals surface area contributed by atoms with E-state index < -0.39 is 27.2 Å². The van der Waals surface area contributed by atoms with Crippen LogP contribution in [0.5, 0.6) is 0 Å². The first-order chi connectivity index (χ1) is 12.6. The Bertz CT molecular complexity index is 883. The van der Waals surface area contributed by atoms with Crippen molar-refractivity contribution in [3.63, 3.8) is 0 Å². The molecule has 0 heterocycles. The number of imide groups is 1. The van der Waals surface area contributed by atoms with Gasteiger partial charge in [0, 0.05) is 13.3 Å². The van der Waals surface area contributed by atoms with E-state index in [1.54, 1.807) is 13.0 Å². The second kappa shape index (κ2) is 8.09. The minimum atomic E-state index is -3.56. The molecule has 0 aliphatic heterocycles. The lowest BCUT2D eigenvalue weighted by Crippen LogP contribution is -2.48. The summed E-state index contributed by atoms with van der Waals surface area (Å²) in [4.78, 5) is 24.5. The Balaban J connectivity index is 2.50. The predicted octanol–water partition coefficient (Wildman–Crippen LogP) is 2.26. The Labute approximate surface area is 160 Å². The molecule has 1 saturated carbocycles. The first-order valence-electron chi connectivity index (χ1n) is 8.89. The smallest absolute Gasteiger partial charge is 0.321 e. The molecule has 1 aromatic rings. The van der Waals surface area contributed by atoms with E-state index in [0.717, 1.165) is 31.9 Å². The Morgan fingerprint density at radius 1 is 1.30 bits per heavy atom. The highest BCUT2D eigenvalue weighted by atomic mass is 32.2. The predicted molar refractivity (Wildman–Crippen MR) is 101 cm³/mol. The van der Waals surface area contributed by atoms with Crippen LogP contribution in [0.15, 0.2) is 23.1 Å². The summed E-state index contributed by atoms with van der Waals surface area (Å²) in [6, 6.07) is 5.69. The Morgan fingerprint density at radius 3 is 2.44 bits per heavy atom. The highest BCUT2D eigenvalue weighted by Gasteiger charge is 2.39. The third kappa shape index (κ3) is 4.66. The van der Waals surface area contributed by atoms with Gasteiger partial charge in [-0.3, -0.25) is 10.1 Å². The summed E-state index contributed by atoms with van der Waals surface area (Å²) in [6.07, 6.45) is 5.80. The summed E-state index contributed by atoms with van der Waals surface area (Å²) in [6.45, 7) is 1.74. The number of benzene rings is 1. The van der Waals surface area contributed by atoms with Crippen molar-refractivity contribution in [2.45, 2.75) is 49.3 Å². The molecule has 1 aliphatic carbocycles. The second-order valence-electron chi connectivity index (χ2n) is 7.31. The third-order valence-corrected chi connectivity index (χ3v) is 6.42. The molecule has 0 bridgehead atoms. The van der Waals surface area contributed by atoms with Crippen LogP contribution < -0.4 is 10.6 Å². The number of hydrogen-bond acceptors (Lipinski definition) is 5. The van der Waals surface area contributed by atoms with E-state index in [9.17, 15) is 23.3 Å². The minimum absolute atomic E-state index is 0.000361. The minimum Gasteiger partial charge on any atom is -0.341 e. The summed E-state index contributed by atoms with van der Waals surface area (Å²) in [7, 11) is -2.14. The molecule has 0 spiro atoms. The van der Waals surface area contributed by atoms with Crippen LogP contribution in [0.2, 0.25) is 0 Å². The monoisotopic (exact) mass is 391 g/mol. The fourth-order valence-electron chi connectivity index (χ4n) is 3.72. The molecule has 1 atom stereocenters. The normalized spacial score (nSPS) is 17.0. The van der Waals surface area contributed by atoms with Crippen molar-refractivity contribution in [1.82, 2.24) is 10.6 Å². The van der Waals surface area contributed by atoms with Crippen LogP contribution in [0, 0.1) is 17.2 Å². The maximum Gasteiger partial charge on any atom is 0.321 e. The van der Waals surface area contributed by atoms with Gasteiger partial charge in [-0.1, -0.05) is 31.7 Å². The molecule has 7 nitrogen and oxygen atoms in total. The molecule has 0 aromatic heterocycles. The van der Waals surface area contributed by atoms with Crippen LogP contribution in [-0.4, -0.2) is 33.7 Å². The van der Waals surface area contributed by atoms with Crippen LogP contribution in [0.25, 0.3) is 0 Å². The van der Waals surface area contributed by atoms with Crippen molar-refractivity contribution in [1.29, 1.82) is 5.26 Å². The van der Waals surface area contributed by atoms with Gasteiger partial charge in [-0.05, 0) is 37.0 Å². The molecule has 1 unspecified atom stereocenters. The third-order valence-electron chi connectivity index (χ3n) is 5.26. The lowest BCUT2D eigenvalue weighted by molar-refractivity contribution is -0.125. The molecule has 1 aliphatic rings. The van der Waals surface area contributed by atoms with Crippen molar-refractivity contribution in [2.24, 2.45) is 5.92 Å². The number of urea groups is 1. The molecule has 146 valence electrons. The quantitative estimate of drug-likeness (QED) is 0.798. The summed E-state index contributed by atoms with van der Waals surface area (Å²) < 4.78 is 23.8. The number of sulfone groups is 1. The van der Waals surface area contributed by atoms with Gasteiger partial charge in [0.15, 0.2) is 9.84 Å². The van der Waals surface area contributed by atoms with E-state index >= 15 is 0 Å². The molecule has 2 N–H and O–H groups in total. The number of rotatable bonds is 5. The lowest BCUT2D eigenvalue weighted by Gasteiger charge is -2.31. The van der Waals surface area contributed by atoms with Crippen molar-refractivity contribution in [2.75, 3.05) is 13.3 Å². The molecule has 8 heteroatoms. The summed E-state index contributed by atoms with van der Waals surface area (Å²) >= 11 is 0. The van der Waals surface area contributed by atoms with E-state index in [1.165, 1.54) is 19.2 Å². The Kier molecular flexibility index (Phi) is 6.26. The van der Waals surface area contributed by atoms with Gasteiger partial charge in [0.2, 0.25) is 5.91 Å². The standard InChI is InChI=1S/C19H25N3O4S/c1-19(11-13-6-4-5-7-13,17(23)22-18(24)21-2)15-8-9-16(27(3,25)26)14(10-15)12-20/h8-10,13H,4-7,11H2,1-3H3,(H2,21,22,23,24). The number of carbonyl (C=O) groups is 2. The average Bonchev–Trinajstić information content (AvgIpc) is 3.12. The maximum atomic E-state index is 12.9. The van der Waals surface area contributed by atoms with E-state index in [2.05, 4.69) is 10.6 Å². The molecule has 2 rings (SSSR count). The van der Waals surface area contributed by atoms with Crippen molar-refractivity contribution >= 4 is 21.8 Å². The van der Waals surface area contributed by atoms with Crippen LogP contribution in [-0.2, 0) is 20.0 Å². The Hall–Kier alpha value is -2.40. The fraction of sp³-hybridized carbons (Fsp3) is 0.526. The van der Waals surface area contributed by atoms with Gasteiger partial charge in [0.25, 0.3) is 0 Å². The van der Waals surface area contributed by atoms with Gasteiger partial charge in [0.1, 0.15) is 6.07 Å². The zero-order valence-corrected chi connectivity index (χ0v) is 16.6. The molecule has 3 amide bonds. The summed E-state index contributed by atoms with van der Waals surface area (Å²) in [5.74, 6) is -0.129. The van der Waals surface area contributed by atoms with Crippen molar-refractivity contribution in [3.05, 3.63) is 29.3 Å². The first kappa shape index (κ1) is 20.9. The Morgan fingerprint density at radius 2 is 1.93 bits per heavy atom. The topological polar surface area (TPSA) is 116 Å². The van der Waals surface area contributed by atoms with Gasteiger partial charge >= 0.3 is 6.03 Å². The lowest BCUT2D eigenvalue weighted by atomic mass is 9.73. The summed E-state index contributed by atoms with van der Waals surface area (Å²) in [5.41, 5.74) is -0.525. The number of hydrogen-bond donors (Lipinski definition) is 2. The molecular formula is C19H25N3O4S. The van der Waals surface area contributed by atoms with E-state index in [1.807, 2.05) is 6.07 Å². The largest absolute Gasteiger partial charge is 0.341 e. The molecule has 0 radical (unpaired) electrons. The first-order valence-corrected chi connectivity index (χ1v) is 10.8. The maximum absolute atomic E-state index is 12.9. The molecule has 0 saturated heterocycles. The van der Waals surface area contributed by atoms with E-state index in [-0.39, 0.29) is 10.5 Å². The second-order valence-corrected chi connectivity index (χ2v) is 9.30. The highest BCUT2D eigenvalue weighted by Crippen LogP contribution is 2.39. The van der Waals surface area contributed by atoms with Gasteiger partial charge in [-0.25, -0.2) is 13.2 Å². The highest BCUT2D eigenvalue weighted by molar-refractivity contribution is 7.90. The van der Waals surface area contributed by atoms with E-state index in [4.69, 9.17) is 0 Å². The van der Waals surface area contributed by atoms with Gasteiger partial charge in [0.05, 0.1) is 15.9 Å². The molecule has 1 aromatic carbocycles. The van der Waals surface area contributed by atoms with E-state index in [0.29, 0.717) is 17.9 Å². The molecule has 1 fully saturated rings. The van der Waals surface area contributed by atoms with Crippen LogP contribution in [0.3, 0.4) is 0 Å². The van der Waals surface area contributed by atoms with Gasteiger partial charge < -0.3 is 5.32 Å². The zero-order chi connectivity index (χ0) is 20.2.